The number of nitrogens with two attached hydrogens (primary N) is 1. The van der Waals surface area contributed by atoms with E-state index in [0.29, 0.717) is 37.7 Å². The van der Waals surface area contributed by atoms with E-state index in [-0.39, 0.29) is 11.6 Å². The smallest absolute Gasteiger partial charge is 0.282 e. The highest BCUT2D eigenvalue weighted by Gasteiger charge is 2.47. The van der Waals surface area contributed by atoms with E-state index in [1.165, 1.54) is 11.0 Å². The number of rotatable bonds is 7. The Morgan fingerprint density at radius 1 is 1.37 bits per heavy atom. The van der Waals surface area contributed by atoms with Crippen LogP contribution in [0.5, 0.6) is 5.88 Å². The molecule has 3 N–H and O–H groups in total. The fourth-order valence-corrected chi connectivity index (χ4v) is 3.84. The summed E-state index contributed by atoms with van der Waals surface area (Å²) in [6.07, 6.45) is 2.47. The number of ether oxygens (including phenoxy) is 2. The maximum absolute atomic E-state index is 13.3. The highest BCUT2D eigenvalue weighted by Crippen LogP contribution is 2.38. The van der Waals surface area contributed by atoms with Crippen LogP contribution in [0.15, 0.2) is 12.1 Å². The lowest BCUT2D eigenvalue weighted by atomic mass is 9.85. The molecule has 2 amide bonds. The molecular formula is C20H26F2N4O4. The molecule has 1 aromatic rings. The Morgan fingerprint density at radius 3 is 2.70 bits per heavy atom. The van der Waals surface area contributed by atoms with Gasteiger partial charge in [0, 0.05) is 6.61 Å². The van der Waals surface area contributed by atoms with Crippen LogP contribution in [-0.4, -0.2) is 60.7 Å². The molecule has 2 unspecified atom stereocenters. The van der Waals surface area contributed by atoms with E-state index in [9.17, 15) is 18.4 Å². The summed E-state index contributed by atoms with van der Waals surface area (Å²) in [5.41, 5.74) is 4.72. The number of halogens is 2. The molecule has 10 heteroatoms. The number of hydrogen-bond donors (Lipinski definition) is 2. The second-order valence-electron chi connectivity index (χ2n) is 8.39. The quantitative estimate of drug-likeness (QED) is 0.687. The molecule has 2 atom stereocenters. The molecule has 2 saturated heterocycles. The molecule has 2 aliphatic heterocycles. The van der Waals surface area contributed by atoms with E-state index in [4.69, 9.17) is 15.2 Å². The van der Waals surface area contributed by atoms with Crippen LogP contribution in [0.2, 0.25) is 0 Å². The number of alkyl halides is 2. The van der Waals surface area contributed by atoms with Gasteiger partial charge in [0.15, 0.2) is 0 Å². The van der Waals surface area contributed by atoms with Gasteiger partial charge in [-0.1, -0.05) is 0 Å². The summed E-state index contributed by atoms with van der Waals surface area (Å²) in [7, 11) is 0. The van der Waals surface area contributed by atoms with Crippen molar-refractivity contribution in [3.8, 4) is 5.88 Å². The molecule has 164 valence electrons. The van der Waals surface area contributed by atoms with Gasteiger partial charge >= 0.3 is 0 Å². The third-order valence-electron chi connectivity index (χ3n) is 5.96. The lowest BCUT2D eigenvalue weighted by molar-refractivity contribution is -0.135. The first-order valence-electron chi connectivity index (χ1n) is 10.2. The van der Waals surface area contributed by atoms with E-state index < -0.39 is 42.5 Å². The van der Waals surface area contributed by atoms with Crippen LogP contribution < -0.4 is 20.7 Å². The van der Waals surface area contributed by atoms with E-state index in [1.807, 2.05) is 0 Å². The minimum atomic E-state index is -2.74. The molecule has 1 saturated carbocycles. The van der Waals surface area contributed by atoms with Crippen LogP contribution in [0.1, 0.15) is 43.1 Å². The van der Waals surface area contributed by atoms with E-state index >= 15 is 0 Å². The summed E-state index contributed by atoms with van der Waals surface area (Å²) in [6.45, 7) is 1.76. The summed E-state index contributed by atoms with van der Waals surface area (Å²) < 4.78 is 38.0. The van der Waals surface area contributed by atoms with Crippen molar-refractivity contribution >= 4 is 17.5 Å². The monoisotopic (exact) mass is 424 g/mol. The van der Waals surface area contributed by atoms with Crippen molar-refractivity contribution in [1.82, 2.24) is 10.3 Å². The second kappa shape index (κ2) is 7.64. The number of primary amides is 1. The molecule has 3 aliphatic rings. The van der Waals surface area contributed by atoms with Crippen molar-refractivity contribution in [3.05, 3.63) is 17.8 Å². The summed E-state index contributed by atoms with van der Waals surface area (Å²) in [5.74, 6) is -3.44. The Bertz CT molecular complexity index is 840. The Hall–Kier alpha value is -2.49. The fourth-order valence-electron chi connectivity index (χ4n) is 3.84. The highest BCUT2D eigenvalue weighted by atomic mass is 19.3. The third-order valence-corrected chi connectivity index (χ3v) is 5.96. The van der Waals surface area contributed by atoms with E-state index in [0.717, 1.165) is 12.8 Å². The lowest BCUT2D eigenvalue weighted by Gasteiger charge is -2.41. The number of nitrogens with zero attached hydrogens (tertiary/aromatic N) is 2. The Balaban J connectivity index is 1.55. The molecular weight excluding hydrogens is 398 g/mol. The van der Waals surface area contributed by atoms with Crippen molar-refractivity contribution in [1.29, 1.82) is 0 Å². The molecule has 1 aromatic heterocycles. The Morgan fingerprint density at radius 2 is 2.10 bits per heavy atom. The van der Waals surface area contributed by atoms with Gasteiger partial charge in [0.25, 0.3) is 11.8 Å². The molecule has 0 spiro atoms. The van der Waals surface area contributed by atoms with Crippen molar-refractivity contribution < 1.29 is 27.8 Å². The second-order valence-corrected chi connectivity index (χ2v) is 8.39. The van der Waals surface area contributed by atoms with Gasteiger partial charge in [-0.05, 0) is 50.7 Å². The number of pyridine rings is 1. The molecule has 4 rings (SSSR count). The van der Waals surface area contributed by atoms with Gasteiger partial charge in [-0.25, -0.2) is 13.8 Å². The molecule has 1 aliphatic carbocycles. The van der Waals surface area contributed by atoms with Crippen LogP contribution in [0, 0.1) is 5.92 Å². The average molecular weight is 424 g/mol. The first kappa shape index (κ1) is 20.8. The van der Waals surface area contributed by atoms with Crippen molar-refractivity contribution in [2.75, 3.05) is 31.2 Å². The van der Waals surface area contributed by atoms with Crippen molar-refractivity contribution in [2.45, 2.75) is 50.2 Å². The standard InChI is InChI=1S/C20H26F2N4O4/c1-12-20(18(23)28,7-2-8-29-12)25-16(27)14-5-6-15(26-10-19(21,22)11-26)17(24-14)30-9-13-3-4-13/h5-6,12-13H,2-4,7-11H2,1H3,(H2,23,28)(H,25,27). The first-order valence-corrected chi connectivity index (χ1v) is 10.2. The zero-order valence-corrected chi connectivity index (χ0v) is 16.8. The van der Waals surface area contributed by atoms with Gasteiger partial charge in [0.2, 0.25) is 11.8 Å². The van der Waals surface area contributed by atoms with Crippen LogP contribution in [-0.2, 0) is 9.53 Å². The van der Waals surface area contributed by atoms with Gasteiger partial charge in [-0.2, -0.15) is 0 Å². The number of carbonyl (C=O) groups is 2. The lowest BCUT2D eigenvalue weighted by Crippen LogP contribution is -2.65. The maximum atomic E-state index is 13.3. The average Bonchev–Trinajstić information content (AvgIpc) is 3.50. The Labute approximate surface area is 173 Å². The molecule has 0 radical (unpaired) electrons. The van der Waals surface area contributed by atoms with E-state index in [1.54, 1.807) is 13.0 Å². The SMILES string of the molecule is CC1OCCCC1(NC(=O)c1ccc(N2CC(F)(F)C2)c(OCC2CC2)n1)C(N)=O. The van der Waals surface area contributed by atoms with Crippen LogP contribution in [0.3, 0.4) is 0 Å². The maximum Gasteiger partial charge on any atom is 0.282 e. The predicted molar refractivity (Wildman–Crippen MR) is 104 cm³/mol. The van der Waals surface area contributed by atoms with Crippen molar-refractivity contribution in [2.24, 2.45) is 11.7 Å². The zero-order chi connectivity index (χ0) is 21.5. The van der Waals surface area contributed by atoms with Gasteiger partial charge < -0.3 is 25.4 Å². The normalized spacial score (nSPS) is 27.8. The fraction of sp³-hybridized carbons (Fsp3) is 0.650. The molecule has 30 heavy (non-hydrogen) atoms. The summed E-state index contributed by atoms with van der Waals surface area (Å²) in [5, 5.41) is 2.70. The van der Waals surface area contributed by atoms with Gasteiger partial charge in [-0.3, -0.25) is 9.59 Å². The van der Waals surface area contributed by atoms with Gasteiger partial charge in [0.1, 0.15) is 16.9 Å². The van der Waals surface area contributed by atoms with Gasteiger partial charge in [-0.15, -0.1) is 0 Å². The van der Waals surface area contributed by atoms with Gasteiger partial charge in [0.05, 0.1) is 25.8 Å². The van der Waals surface area contributed by atoms with Crippen LogP contribution in [0.25, 0.3) is 0 Å². The zero-order valence-electron chi connectivity index (χ0n) is 16.8. The topological polar surface area (TPSA) is 107 Å². The third kappa shape index (κ3) is 4.05. The first-order chi connectivity index (χ1) is 14.2. The molecule has 0 aromatic carbocycles. The highest BCUT2D eigenvalue weighted by molar-refractivity contribution is 5.98. The number of hydrogen-bond acceptors (Lipinski definition) is 6. The number of aromatic nitrogens is 1. The predicted octanol–water partition coefficient (Wildman–Crippen LogP) is 1.48. The minimum Gasteiger partial charge on any atom is -0.476 e. The largest absolute Gasteiger partial charge is 0.476 e. The summed E-state index contributed by atoms with van der Waals surface area (Å²) in [6, 6.07) is 2.99. The van der Waals surface area contributed by atoms with Crippen molar-refractivity contribution in [3.63, 3.8) is 0 Å². The minimum absolute atomic E-state index is 0.0234. The molecule has 0 bridgehead atoms. The number of carbonyl (C=O) groups excluding carboxylic acids is 2. The Kier molecular flexibility index (Phi) is 5.29. The van der Waals surface area contributed by atoms with Crippen LogP contribution >= 0.6 is 0 Å². The number of anilines is 1. The number of amides is 2. The summed E-state index contributed by atoms with van der Waals surface area (Å²) in [4.78, 5) is 30.8. The molecule has 8 nitrogen and oxygen atoms in total. The van der Waals surface area contributed by atoms with Crippen LogP contribution in [0.4, 0.5) is 14.5 Å². The van der Waals surface area contributed by atoms with E-state index in [2.05, 4.69) is 10.3 Å². The molecule has 3 fully saturated rings. The number of nitrogens with one attached hydrogen (secondary N) is 1. The summed E-state index contributed by atoms with van der Waals surface area (Å²) >= 11 is 0. The molecule has 3 heterocycles.